The average molecular weight is 422 g/mol. The van der Waals surface area contributed by atoms with Crippen molar-refractivity contribution < 1.29 is 23.7 Å². The van der Waals surface area contributed by atoms with E-state index in [9.17, 15) is 4.79 Å². The van der Waals surface area contributed by atoms with Crippen LogP contribution in [0.5, 0.6) is 17.2 Å². The van der Waals surface area contributed by atoms with Gasteiger partial charge < -0.3 is 24.3 Å². The highest BCUT2D eigenvalue weighted by molar-refractivity contribution is 6.06. The number of nitrogens with one attached hydrogen (secondary N) is 1. The number of hydrogen-bond donors (Lipinski definition) is 1. The number of benzene rings is 2. The second-order valence-electron chi connectivity index (χ2n) is 6.51. The Balaban J connectivity index is 1.70. The third-order valence-electron chi connectivity index (χ3n) is 4.39. The minimum Gasteiger partial charge on any atom is -0.493 e. The van der Waals surface area contributed by atoms with Crippen molar-refractivity contribution in [1.82, 2.24) is 4.98 Å². The summed E-state index contributed by atoms with van der Waals surface area (Å²) in [7, 11) is 1.57. The number of rotatable bonds is 11. The molecule has 0 aliphatic carbocycles. The van der Waals surface area contributed by atoms with Gasteiger partial charge in [0.2, 0.25) is 0 Å². The highest BCUT2D eigenvalue weighted by Crippen LogP contribution is 2.31. The molecular formula is C24H26N2O5. The number of carbonyl (C=O) groups is 1. The van der Waals surface area contributed by atoms with Crippen molar-refractivity contribution in [3.8, 4) is 17.2 Å². The zero-order valence-corrected chi connectivity index (χ0v) is 17.7. The van der Waals surface area contributed by atoms with Crippen LogP contribution in [-0.4, -0.2) is 37.8 Å². The molecule has 0 aliphatic heterocycles. The summed E-state index contributed by atoms with van der Waals surface area (Å²) in [6.45, 7) is 3.73. The Morgan fingerprint density at radius 3 is 2.52 bits per heavy atom. The Morgan fingerprint density at radius 2 is 1.74 bits per heavy atom. The number of nitrogens with zero attached hydrogens (tertiary/aromatic N) is 1. The van der Waals surface area contributed by atoms with Crippen LogP contribution in [0.4, 0.5) is 5.69 Å². The summed E-state index contributed by atoms with van der Waals surface area (Å²) in [4.78, 5) is 16.9. The Labute approximate surface area is 181 Å². The molecular weight excluding hydrogens is 396 g/mol. The lowest BCUT2D eigenvalue weighted by Gasteiger charge is -2.14. The van der Waals surface area contributed by atoms with Crippen LogP contribution < -0.4 is 19.5 Å². The van der Waals surface area contributed by atoms with Gasteiger partial charge in [0.05, 0.1) is 19.3 Å². The van der Waals surface area contributed by atoms with E-state index in [2.05, 4.69) is 10.3 Å². The second-order valence-corrected chi connectivity index (χ2v) is 6.51. The van der Waals surface area contributed by atoms with Gasteiger partial charge in [-0.05, 0) is 48.9 Å². The van der Waals surface area contributed by atoms with Crippen LogP contribution >= 0.6 is 0 Å². The van der Waals surface area contributed by atoms with E-state index in [1.54, 1.807) is 55.9 Å². The molecule has 1 amide bonds. The van der Waals surface area contributed by atoms with Gasteiger partial charge in [0.15, 0.2) is 11.5 Å². The Hall–Kier alpha value is -3.58. The molecule has 162 valence electrons. The summed E-state index contributed by atoms with van der Waals surface area (Å²) in [6.07, 6.45) is 3.42. The molecule has 2 aromatic carbocycles. The predicted octanol–water partition coefficient (Wildman–Crippen LogP) is 4.34. The largest absolute Gasteiger partial charge is 0.493 e. The topological polar surface area (TPSA) is 78.9 Å². The van der Waals surface area contributed by atoms with Gasteiger partial charge in [-0.15, -0.1) is 0 Å². The molecule has 0 unspecified atom stereocenters. The van der Waals surface area contributed by atoms with Gasteiger partial charge in [-0.25, -0.2) is 0 Å². The first-order valence-corrected chi connectivity index (χ1v) is 10.0. The molecule has 31 heavy (non-hydrogen) atoms. The summed E-state index contributed by atoms with van der Waals surface area (Å²) < 4.78 is 22.3. The Morgan fingerprint density at radius 1 is 0.935 bits per heavy atom. The molecule has 0 saturated carbocycles. The maximum Gasteiger partial charge on any atom is 0.259 e. The smallest absolute Gasteiger partial charge is 0.259 e. The number of para-hydroxylation sites is 1. The van der Waals surface area contributed by atoms with Gasteiger partial charge in [-0.2, -0.15) is 0 Å². The minimum atomic E-state index is -0.280. The van der Waals surface area contributed by atoms with Crippen molar-refractivity contribution in [2.24, 2.45) is 0 Å². The van der Waals surface area contributed by atoms with Crippen molar-refractivity contribution in [2.75, 3.05) is 32.2 Å². The van der Waals surface area contributed by atoms with Crippen molar-refractivity contribution >= 4 is 11.6 Å². The number of hydrogen-bond acceptors (Lipinski definition) is 6. The average Bonchev–Trinajstić information content (AvgIpc) is 2.81. The Bertz CT molecular complexity index is 979. The number of methoxy groups -OCH3 is 1. The van der Waals surface area contributed by atoms with E-state index in [-0.39, 0.29) is 5.91 Å². The molecule has 1 N–H and O–H groups in total. The van der Waals surface area contributed by atoms with Gasteiger partial charge in [0.25, 0.3) is 5.91 Å². The second kappa shape index (κ2) is 11.6. The third kappa shape index (κ3) is 6.45. The van der Waals surface area contributed by atoms with Gasteiger partial charge in [0.1, 0.15) is 19.0 Å². The van der Waals surface area contributed by atoms with Gasteiger partial charge in [-0.1, -0.05) is 12.1 Å². The maximum atomic E-state index is 12.9. The minimum absolute atomic E-state index is 0.280. The van der Waals surface area contributed by atoms with Crippen LogP contribution in [0.15, 0.2) is 67.0 Å². The molecule has 3 rings (SSSR count). The predicted molar refractivity (Wildman–Crippen MR) is 118 cm³/mol. The lowest BCUT2D eigenvalue weighted by molar-refractivity contribution is 0.0998. The van der Waals surface area contributed by atoms with E-state index in [0.29, 0.717) is 54.9 Å². The van der Waals surface area contributed by atoms with Gasteiger partial charge >= 0.3 is 0 Å². The maximum absolute atomic E-state index is 12.9. The van der Waals surface area contributed by atoms with E-state index in [4.69, 9.17) is 18.9 Å². The monoisotopic (exact) mass is 422 g/mol. The summed E-state index contributed by atoms with van der Waals surface area (Å²) in [6, 6.07) is 16.1. The highest BCUT2D eigenvalue weighted by Gasteiger charge is 2.14. The molecule has 0 fully saturated rings. The zero-order valence-electron chi connectivity index (χ0n) is 17.7. The quantitative estimate of drug-likeness (QED) is 0.463. The molecule has 0 aliphatic rings. The number of anilines is 1. The Kier molecular flexibility index (Phi) is 8.25. The van der Waals surface area contributed by atoms with E-state index in [1.165, 1.54) is 0 Å². The van der Waals surface area contributed by atoms with Crippen LogP contribution in [0.25, 0.3) is 0 Å². The lowest BCUT2D eigenvalue weighted by Crippen LogP contribution is -2.15. The molecule has 1 heterocycles. The summed E-state index contributed by atoms with van der Waals surface area (Å²) in [5, 5.41) is 2.89. The first-order valence-electron chi connectivity index (χ1n) is 10.0. The van der Waals surface area contributed by atoms with Crippen LogP contribution in [0, 0.1) is 0 Å². The SMILES string of the molecule is CCOCCOc1ccccc1C(=O)Nc1ccc(OC)c(OCc2ccncc2)c1. The molecule has 0 atom stereocenters. The van der Waals surface area contributed by atoms with Crippen molar-refractivity contribution in [1.29, 1.82) is 0 Å². The first-order chi connectivity index (χ1) is 15.2. The molecule has 7 heteroatoms. The number of amides is 1. The van der Waals surface area contributed by atoms with Gasteiger partial charge in [0, 0.05) is 30.8 Å². The molecule has 7 nitrogen and oxygen atoms in total. The van der Waals surface area contributed by atoms with E-state index in [0.717, 1.165) is 5.56 Å². The number of aromatic nitrogens is 1. The fourth-order valence-corrected chi connectivity index (χ4v) is 2.84. The fourth-order valence-electron chi connectivity index (χ4n) is 2.84. The molecule has 0 radical (unpaired) electrons. The van der Waals surface area contributed by atoms with E-state index < -0.39 is 0 Å². The molecule has 1 aromatic heterocycles. The van der Waals surface area contributed by atoms with Crippen LogP contribution in [0.2, 0.25) is 0 Å². The molecule has 0 spiro atoms. The van der Waals surface area contributed by atoms with Crippen molar-refractivity contribution in [3.63, 3.8) is 0 Å². The van der Waals surface area contributed by atoms with Crippen molar-refractivity contribution in [2.45, 2.75) is 13.5 Å². The number of pyridine rings is 1. The van der Waals surface area contributed by atoms with Gasteiger partial charge in [-0.3, -0.25) is 9.78 Å². The summed E-state index contributed by atoms with van der Waals surface area (Å²) >= 11 is 0. The first kappa shape index (κ1) is 22.1. The normalized spacial score (nSPS) is 10.4. The fraction of sp³-hybridized carbons (Fsp3) is 0.250. The van der Waals surface area contributed by atoms with E-state index >= 15 is 0 Å². The van der Waals surface area contributed by atoms with Crippen LogP contribution in [0.3, 0.4) is 0 Å². The zero-order chi connectivity index (χ0) is 21.9. The molecule has 0 saturated heterocycles. The third-order valence-corrected chi connectivity index (χ3v) is 4.39. The molecule has 3 aromatic rings. The highest BCUT2D eigenvalue weighted by atomic mass is 16.5. The number of ether oxygens (including phenoxy) is 4. The summed E-state index contributed by atoms with van der Waals surface area (Å²) in [5.74, 6) is 1.32. The van der Waals surface area contributed by atoms with Crippen LogP contribution in [0.1, 0.15) is 22.8 Å². The number of carbonyl (C=O) groups excluding carboxylic acids is 1. The lowest BCUT2D eigenvalue weighted by atomic mass is 10.1. The van der Waals surface area contributed by atoms with E-state index in [1.807, 2.05) is 25.1 Å². The van der Waals surface area contributed by atoms with Crippen molar-refractivity contribution in [3.05, 3.63) is 78.1 Å². The standard InChI is InChI=1S/C24H26N2O5/c1-3-29-14-15-30-21-7-5-4-6-20(21)24(27)26-19-8-9-22(28-2)23(16-19)31-17-18-10-12-25-13-11-18/h4-13,16H,3,14-15,17H2,1-2H3,(H,26,27). The molecule has 0 bridgehead atoms. The summed E-state index contributed by atoms with van der Waals surface area (Å²) in [5.41, 5.74) is 2.00. The van der Waals surface area contributed by atoms with Crippen LogP contribution in [-0.2, 0) is 11.3 Å².